The lowest BCUT2D eigenvalue weighted by atomic mass is 10.1. The molecule has 3 aromatic rings. The van der Waals surface area contributed by atoms with E-state index in [4.69, 9.17) is 0 Å². The minimum Gasteiger partial charge on any atom is -0.310 e. The first-order valence-corrected chi connectivity index (χ1v) is 6.86. The maximum Gasteiger partial charge on any atom is 0.160 e. The summed E-state index contributed by atoms with van der Waals surface area (Å²) in [6, 6.07) is 7.34. The molecule has 5 nitrogen and oxygen atoms in total. The Balaban J connectivity index is 1.61. The van der Waals surface area contributed by atoms with Crippen molar-refractivity contribution in [2.45, 2.75) is 19.4 Å². The SMILES string of the molecule is CC(NCCc1nnc2ccccn12)c1cncc(F)c1. The van der Waals surface area contributed by atoms with Crippen molar-refractivity contribution in [3.05, 3.63) is 60.1 Å². The van der Waals surface area contributed by atoms with E-state index in [9.17, 15) is 4.39 Å². The monoisotopic (exact) mass is 285 g/mol. The molecule has 1 unspecified atom stereocenters. The molecule has 0 amide bonds. The molecule has 21 heavy (non-hydrogen) atoms. The van der Waals surface area contributed by atoms with Crippen LogP contribution in [0.1, 0.15) is 24.4 Å². The van der Waals surface area contributed by atoms with Gasteiger partial charge in [-0.3, -0.25) is 9.38 Å². The van der Waals surface area contributed by atoms with Crippen molar-refractivity contribution < 1.29 is 4.39 Å². The molecule has 3 aromatic heterocycles. The molecule has 3 heterocycles. The minimum atomic E-state index is -0.315. The summed E-state index contributed by atoms with van der Waals surface area (Å²) in [5.41, 5.74) is 1.68. The number of rotatable bonds is 5. The predicted octanol–water partition coefficient (Wildman–Crippen LogP) is 2.16. The number of pyridine rings is 2. The Morgan fingerprint density at radius 1 is 1.29 bits per heavy atom. The van der Waals surface area contributed by atoms with E-state index >= 15 is 0 Å². The average Bonchev–Trinajstić information content (AvgIpc) is 2.91. The fourth-order valence-corrected chi connectivity index (χ4v) is 2.24. The second kappa shape index (κ2) is 5.97. The maximum atomic E-state index is 13.1. The van der Waals surface area contributed by atoms with Crippen LogP contribution in [0.5, 0.6) is 0 Å². The average molecular weight is 285 g/mol. The Hall–Kier alpha value is -2.34. The quantitative estimate of drug-likeness (QED) is 0.780. The van der Waals surface area contributed by atoms with Crippen LogP contribution < -0.4 is 5.32 Å². The Morgan fingerprint density at radius 3 is 3.05 bits per heavy atom. The highest BCUT2D eigenvalue weighted by Gasteiger charge is 2.08. The lowest BCUT2D eigenvalue weighted by Gasteiger charge is -2.13. The van der Waals surface area contributed by atoms with Gasteiger partial charge in [0.15, 0.2) is 5.65 Å². The molecule has 3 rings (SSSR count). The van der Waals surface area contributed by atoms with Gasteiger partial charge in [-0.05, 0) is 30.7 Å². The van der Waals surface area contributed by atoms with E-state index < -0.39 is 0 Å². The summed E-state index contributed by atoms with van der Waals surface area (Å²) in [6.07, 6.45) is 5.58. The first kappa shape index (κ1) is 13.6. The van der Waals surface area contributed by atoms with Crippen LogP contribution in [0.15, 0.2) is 42.9 Å². The third-order valence-corrected chi connectivity index (χ3v) is 3.41. The van der Waals surface area contributed by atoms with Crippen LogP contribution >= 0.6 is 0 Å². The van der Waals surface area contributed by atoms with E-state index in [1.807, 2.05) is 35.7 Å². The van der Waals surface area contributed by atoms with E-state index in [0.29, 0.717) is 0 Å². The van der Waals surface area contributed by atoms with Gasteiger partial charge in [0.1, 0.15) is 11.6 Å². The van der Waals surface area contributed by atoms with Crippen molar-refractivity contribution in [1.29, 1.82) is 0 Å². The van der Waals surface area contributed by atoms with Gasteiger partial charge in [-0.25, -0.2) is 4.39 Å². The molecular formula is C15H16FN5. The lowest BCUT2D eigenvalue weighted by molar-refractivity contribution is 0.557. The molecule has 0 aliphatic heterocycles. The van der Waals surface area contributed by atoms with Gasteiger partial charge in [-0.1, -0.05) is 6.07 Å². The van der Waals surface area contributed by atoms with E-state index in [2.05, 4.69) is 20.5 Å². The fourth-order valence-electron chi connectivity index (χ4n) is 2.24. The molecule has 0 fully saturated rings. The molecule has 0 radical (unpaired) electrons. The number of halogens is 1. The molecule has 0 spiro atoms. The van der Waals surface area contributed by atoms with Crippen LogP contribution in [0.25, 0.3) is 5.65 Å². The predicted molar refractivity (Wildman–Crippen MR) is 77.3 cm³/mol. The molecule has 1 N–H and O–H groups in total. The molecular weight excluding hydrogens is 269 g/mol. The number of hydrogen-bond donors (Lipinski definition) is 1. The topological polar surface area (TPSA) is 55.1 Å². The van der Waals surface area contributed by atoms with Crippen molar-refractivity contribution in [3.63, 3.8) is 0 Å². The highest BCUT2D eigenvalue weighted by atomic mass is 19.1. The highest BCUT2D eigenvalue weighted by molar-refractivity contribution is 5.37. The number of fused-ring (bicyclic) bond motifs is 1. The molecule has 0 aromatic carbocycles. The minimum absolute atomic E-state index is 0.0346. The number of aromatic nitrogens is 4. The van der Waals surface area contributed by atoms with Crippen LogP contribution in [0.3, 0.4) is 0 Å². The van der Waals surface area contributed by atoms with Crippen LogP contribution in [-0.4, -0.2) is 26.1 Å². The van der Waals surface area contributed by atoms with Crippen LogP contribution in [-0.2, 0) is 6.42 Å². The largest absolute Gasteiger partial charge is 0.310 e. The van der Waals surface area contributed by atoms with Crippen LogP contribution in [0.4, 0.5) is 4.39 Å². The molecule has 0 saturated heterocycles. The Morgan fingerprint density at radius 2 is 2.19 bits per heavy atom. The lowest BCUT2D eigenvalue weighted by Crippen LogP contribution is -2.22. The Kier molecular flexibility index (Phi) is 3.87. The van der Waals surface area contributed by atoms with E-state index in [1.165, 1.54) is 12.3 Å². The first-order chi connectivity index (χ1) is 10.2. The summed E-state index contributed by atoms with van der Waals surface area (Å²) in [7, 11) is 0. The third-order valence-electron chi connectivity index (χ3n) is 3.41. The van der Waals surface area contributed by atoms with Gasteiger partial charge in [0.05, 0.1) is 6.20 Å². The van der Waals surface area contributed by atoms with Gasteiger partial charge in [-0.2, -0.15) is 0 Å². The number of nitrogens with zero attached hydrogens (tertiary/aromatic N) is 4. The van der Waals surface area contributed by atoms with Gasteiger partial charge in [0.2, 0.25) is 0 Å². The summed E-state index contributed by atoms with van der Waals surface area (Å²) in [4.78, 5) is 3.86. The fraction of sp³-hybridized carbons (Fsp3) is 0.267. The molecule has 0 bridgehead atoms. The highest BCUT2D eigenvalue weighted by Crippen LogP contribution is 2.12. The van der Waals surface area contributed by atoms with Crippen molar-refractivity contribution in [2.24, 2.45) is 0 Å². The van der Waals surface area contributed by atoms with E-state index in [0.717, 1.165) is 30.0 Å². The normalized spacial score (nSPS) is 12.7. The zero-order chi connectivity index (χ0) is 14.7. The van der Waals surface area contributed by atoms with Crippen LogP contribution in [0.2, 0.25) is 0 Å². The van der Waals surface area contributed by atoms with Gasteiger partial charge in [0, 0.05) is 31.4 Å². The summed E-state index contributed by atoms with van der Waals surface area (Å²) < 4.78 is 15.1. The third kappa shape index (κ3) is 3.05. The van der Waals surface area contributed by atoms with Crippen LogP contribution in [0, 0.1) is 5.82 Å². The van der Waals surface area contributed by atoms with Crippen molar-refractivity contribution in [1.82, 2.24) is 24.9 Å². The second-order valence-electron chi connectivity index (χ2n) is 4.91. The summed E-state index contributed by atoms with van der Waals surface area (Å²) >= 11 is 0. The van der Waals surface area contributed by atoms with Crippen molar-refractivity contribution in [3.8, 4) is 0 Å². The molecule has 108 valence electrons. The first-order valence-electron chi connectivity index (χ1n) is 6.86. The molecule has 1 atom stereocenters. The maximum absolute atomic E-state index is 13.1. The Bertz CT molecular complexity index is 740. The zero-order valence-electron chi connectivity index (χ0n) is 11.7. The number of nitrogens with one attached hydrogen (secondary N) is 1. The molecule has 6 heteroatoms. The second-order valence-corrected chi connectivity index (χ2v) is 4.91. The smallest absolute Gasteiger partial charge is 0.160 e. The van der Waals surface area contributed by atoms with Crippen molar-refractivity contribution in [2.75, 3.05) is 6.54 Å². The van der Waals surface area contributed by atoms with Crippen molar-refractivity contribution >= 4 is 5.65 Å². The number of hydrogen-bond acceptors (Lipinski definition) is 4. The molecule has 0 aliphatic carbocycles. The van der Waals surface area contributed by atoms with Gasteiger partial charge in [-0.15, -0.1) is 10.2 Å². The summed E-state index contributed by atoms with van der Waals surface area (Å²) in [5.74, 6) is 0.590. The van der Waals surface area contributed by atoms with Gasteiger partial charge in [0.25, 0.3) is 0 Å². The van der Waals surface area contributed by atoms with E-state index in [-0.39, 0.29) is 11.9 Å². The zero-order valence-corrected chi connectivity index (χ0v) is 11.7. The molecule has 0 saturated carbocycles. The van der Waals surface area contributed by atoms with Gasteiger partial charge >= 0.3 is 0 Å². The standard InChI is InChI=1S/C15H16FN5/c1-11(12-8-13(16)10-17-9-12)18-6-5-15-20-19-14-4-2-3-7-21(14)15/h2-4,7-11,18H,5-6H2,1H3. The van der Waals surface area contributed by atoms with E-state index in [1.54, 1.807) is 6.20 Å². The van der Waals surface area contributed by atoms with Gasteiger partial charge < -0.3 is 5.32 Å². The summed E-state index contributed by atoms with van der Waals surface area (Å²) in [6.45, 7) is 2.71. The Labute approximate surface area is 121 Å². The summed E-state index contributed by atoms with van der Waals surface area (Å²) in [5, 5.41) is 11.6. The molecule has 0 aliphatic rings.